The summed E-state index contributed by atoms with van der Waals surface area (Å²) in [7, 11) is 0. The Morgan fingerprint density at radius 1 is 1.07 bits per heavy atom. The molecule has 150 valence electrons. The van der Waals surface area contributed by atoms with E-state index in [1.54, 1.807) is 0 Å². The highest BCUT2D eigenvalue weighted by molar-refractivity contribution is 5.90. The van der Waals surface area contributed by atoms with E-state index in [4.69, 9.17) is 9.84 Å². The van der Waals surface area contributed by atoms with E-state index in [-0.39, 0.29) is 23.5 Å². The average Bonchev–Trinajstić information content (AvgIpc) is 2.63. The molecular weight excluding hydrogens is 358 g/mol. The Hall–Kier alpha value is -1.53. The van der Waals surface area contributed by atoms with Gasteiger partial charge in [0.2, 0.25) is 0 Å². The summed E-state index contributed by atoms with van der Waals surface area (Å²) in [6.45, 7) is 0. The maximum absolute atomic E-state index is 14.5. The molecule has 0 spiro atoms. The second kappa shape index (κ2) is 6.52. The maximum Gasteiger partial charge on any atom is 0.378 e. The predicted molar refractivity (Wildman–Crippen MR) is 90.0 cm³/mol. The Morgan fingerprint density at radius 2 is 1.67 bits per heavy atom. The zero-order valence-corrected chi connectivity index (χ0v) is 15.3. The molecule has 4 bridgehead atoms. The average molecular weight is 384 g/mol. The van der Waals surface area contributed by atoms with E-state index in [9.17, 15) is 23.2 Å². The summed E-state index contributed by atoms with van der Waals surface area (Å²) >= 11 is 0. The topological polar surface area (TPSA) is 80.7 Å². The lowest BCUT2D eigenvalue weighted by Crippen LogP contribution is -2.57. The molecule has 7 heteroatoms. The number of hydrogen-bond acceptors (Lipinski definition) is 4. The molecule has 0 aromatic rings. The van der Waals surface area contributed by atoms with Crippen molar-refractivity contribution >= 4 is 17.7 Å². The second-order valence-corrected chi connectivity index (χ2v) is 9.18. The molecule has 5 aliphatic carbocycles. The number of ketones is 1. The Morgan fingerprint density at radius 3 is 2.22 bits per heavy atom. The minimum absolute atomic E-state index is 0.170. The van der Waals surface area contributed by atoms with Crippen LogP contribution in [0.1, 0.15) is 64.2 Å². The molecule has 1 N–H and O–H groups in total. The summed E-state index contributed by atoms with van der Waals surface area (Å²) in [5.41, 5.74) is -0.883. The summed E-state index contributed by atoms with van der Waals surface area (Å²) in [6, 6.07) is 0. The van der Waals surface area contributed by atoms with Crippen molar-refractivity contribution in [2.24, 2.45) is 29.1 Å². The molecule has 5 rings (SSSR count). The van der Waals surface area contributed by atoms with Crippen LogP contribution in [0, 0.1) is 29.1 Å². The highest BCUT2D eigenvalue weighted by Gasteiger charge is 2.61. The lowest BCUT2D eigenvalue weighted by atomic mass is 9.49. The summed E-state index contributed by atoms with van der Waals surface area (Å²) < 4.78 is 34.3. The standard InChI is InChI=1S/C20H26F2O5/c21-20(22,17(24)25)16(12-4-2-1-3-5-12)27-18(26)19-8-11-6-13(9-19)15(23)14(7-11)10-19/h11-14,16H,1-10H2,(H,24,25). The Balaban J connectivity index is 1.57. The molecule has 5 saturated carbocycles. The smallest absolute Gasteiger partial charge is 0.378 e. The fraction of sp³-hybridized carbons (Fsp3) is 0.850. The molecular formula is C20H26F2O5. The minimum Gasteiger partial charge on any atom is -0.477 e. The molecule has 0 radical (unpaired) electrons. The highest BCUT2D eigenvalue weighted by Crippen LogP contribution is 2.59. The first kappa shape index (κ1) is 18.8. The normalized spacial score (nSPS) is 37.3. The molecule has 3 unspecified atom stereocenters. The number of carbonyl (C=O) groups is 3. The number of rotatable bonds is 5. The number of esters is 1. The zero-order chi connectivity index (χ0) is 19.4. The molecule has 0 amide bonds. The Bertz CT molecular complexity index is 637. The third-order valence-electron chi connectivity index (χ3n) is 7.38. The van der Waals surface area contributed by atoms with Crippen LogP contribution in [-0.2, 0) is 19.1 Å². The van der Waals surface area contributed by atoms with Gasteiger partial charge in [-0.1, -0.05) is 19.3 Å². The SMILES string of the molecule is O=C1C2CC3CC1CC(C(=O)OC(C1CCCCC1)C(F)(F)C(=O)O)(C3)C2. The first-order chi connectivity index (χ1) is 12.7. The minimum atomic E-state index is -4.10. The summed E-state index contributed by atoms with van der Waals surface area (Å²) in [5.74, 6) is -7.55. The van der Waals surface area contributed by atoms with Crippen LogP contribution >= 0.6 is 0 Å². The number of carbonyl (C=O) groups excluding carboxylic acids is 2. The van der Waals surface area contributed by atoms with E-state index in [0.717, 1.165) is 32.1 Å². The van der Waals surface area contributed by atoms with Crippen LogP contribution in [0.4, 0.5) is 8.78 Å². The predicted octanol–water partition coefficient (Wildman–Crippen LogP) is 3.59. The lowest BCUT2D eigenvalue weighted by molar-refractivity contribution is -0.213. The van der Waals surface area contributed by atoms with Gasteiger partial charge in [0.25, 0.3) is 0 Å². The van der Waals surface area contributed by atoms with Crippen molar-refractivity contribution < 1.29 is 33.0 Å². The van der Waals surface area contributed by atoms with E-state index < -0.39 is 35.3 Å². The maximum atomic E-state index is 14.5. The summed E-state index contributed by atoms with van der Waals surface area (Å²) in [6.07, 6.45) is 4.23. The van der Waals surface area contributed by atoms with Crippen molar-refractivity contribution in [2.45, 2.75) is 76.2 Å². The number of aliphatic carboxylic acids is 1. The van der Waals surface area contributed by atoms with Crippen molar-refractivity contribution in [3.8, 4) is 0 Å². The third-order valence-corrected chi connectivity index (χ3v) is 7.38. The van der Waals surface area contributed by atoms with Crippen LogP contribution < -0.4 is 0 Å². The lowest BCUT2D eigenvalue weighted by Gasteiger charge is -2.54. The van der Waals surface area contributed by atoms with Gasteiger partial charge in [-0.2, -0.15) is 8.78 Å². The molecule has 27 heavy (non-hydrogen) atoms. The second-order valence-electron chi connectivity index (χ2n) is 9.18. The van der Waals surface area contributed by atoms with E-state index in [0.29, 0.717) is 32.1 Å². The first-order valence-corrected chi connectivity index (χ1v) is 10.1. The fourth-order valence-corrected chi connectivity index (χ4v) is 6.26. The van der Waals surface area contributed by atoms with Crippen LogP contribution in [-0.4, -0.2) is 34.9 Å². The van der Waals surface area contributed by atoms with Crippen LogP contribution in [0.3, 0.4) is 0 Å². The number of alkyl halides is 2. The van der Waals surface area contributed by atoms with Crippen LogP contribution in [0.2, 0.25) is 0 Å². The van der Waals surface area contributed by atoms with Crippen molar-refractivity contribution in [3.05, 3.63) is 0 Å². The van der Waals surface area contributed by atoms with E-state index in [1.165, 1.54) is 0 Å². The summed E-state index contributed by atoms with van der Waals surface area (Å²) in [5, 5.41) is 9.04. The molecule has 0 saturated heterocycles. The van der Waals surface area contributed by atoms with Crippen molar-refractivity contribution in [1.29, 1.82) is 0 Å². The number of Topliss-reactive ketones (excluding diaryl/α,β-unsaturated/α-hetero) is 1. The highest BCUT2D eigenvalue weighted by atomic mass is 19.3. The number of hydrogen-bond donors (Lipinski definition) is 1. The Labute approximate surface area is 156 Å². The van der Waals surface area contributed by atoms with Crippen LogP contribution in [0.5, 0.6) is 0 Å². The molecule has 0 heterocycles. The molecule has 5 nitrogen and oxygen atoms in total. The van der Waals surface area contributed by atoms with E-state index in [1.807, 2.05) is 0 Å². The van der Waals surface area contributed by atoms with Crippen molar-refractivity contribution in [1.82, 2.24) is 0 Å². The molecule has 5 aliphatic rings. The number of carboxylic acid groups (broad SMARTS) is 1. The molecule has 5 fully saturated rings. The van der Waals surface area contributed by atoms with Gasteiger partial charge in [-0.15, -0.1) is 0 Å². The largest absolute Gasteiger partial charge is 0.477 e. The number of ether oxygens (including phenoxy) is 1. The first-order valence-electron chi connectivity index (χ1n) is 10.1. The van der Waals surface area contributed by atoms with E-state index in [2.05, 4.69) is 0 Å². The van der Waals surface area contributed by atoms with Gasteiger partial charge in [0.1, 0.15) is 5.78 Å². The number of carboxylic acids is 1. The van der Waals surface area contributed by atoms with Gasteiger partial charge in [0, 0.05) is 17.8 Å². The van der Waals surface area contributed by atoms with Gasteiger partial charge in [0.15, 0.2) is 6.10 Å². The molecule has 0 aliphatic heterocycles. The third kappa shape index (κ3) is 3.07. The number of halogens is 2. The van der Waals surface area contributed by atoms with E-state index >= 15 is 0 Å². The van der Waals surface area contributed by atoms with Gasteiger partial charge in [-0.05, 0) is 50.9 Å². The quantitative estimate of drug-likeness (QED) is 0.733. The van der Waals surface area contributed by atoms with Gasteiger partial charge in [-0.3, -0.25) is 9.59 Å². The summed E-state index contributed by atoms with van der Waals surface area (Å²) in [4.78, 5) is 36.6. The Kier molecular flexibility index (Phi) is 4.54. The molecule has 0 aromatic heterocycles. The van der Waals surface area contributed by atoms with Gasteiger partial charge in [-0.25, -0.2) is 4.79 Å². The van der Waals surface area contributed by atoms with Crippen LogP contribution in [0.15, 0.2) is 0 Å². The molecule has 3 atom stereocenters. The zero-order valence-electron chi connectivity index (χ0n) is 15.3. The van der Waals surface area contributed by atoms with Gasteiger partial charge >= 0.3 is 17.9 Å². The monoisotopic (exact) mass is 384 g/mol. The molecule has 0 aromatic carbocycles. The van der Waals surface area contributed by atoms with Crippen molar-refractivity contribution in [3.63, 3.8) is 0 Å². The fourth-order valence-electron chi connectivity index (χ4n) is 6.26. The van der Waals surface area contributed by atoms with Gasteiger partial charge < -0.3 is 9.84 Å². The van der Waals surface area contributed by atoms with Crippen molar-refractivity contribution in [2.75, 3.05) is 0 Å². The van der Waals surface area contributed by atoms with Gasteiger partial charge in [0.05, 0.1) is 5.41 Å². The van der Waals surface area contributed by atoms with Crippen LogP contribution in [0.25, 0.3) is 0 Å².